The van der Waals surface area contributed by atoms with E-state index in [2.05, 4.69) is 15.3 Å². The molecule has 0 saturated carbocycles. The standard InChI is InChI=1S/C10H18N4O2S/c1-3-16-5-4-14(2)6-8-7-17-10(12-8)9(15)13-11/h7H,3-6,11H2,1-2H3,(H,13,15). The Morgan fingerprint density at radius 2 is 2.47 bits per heavy atom. The largest absolute Gasteiger partial charge is 0.380 e. The number of hydrogen-bond acceptors (Lipinski definition) is 6. The lowest BCUT2D eigenvalue weighted by molar-refractivity contribution is 0.0952. The Hall–Kier alpha value is -1.02. The Balaban J connectivity index is 2.40. The van der Waals surface area contributed by atoms with E-state index in [1.807, 2.05) is 19.4 Å². The van der Waals surface area contributed by atoms with Crippen molar-refractivity contribution in [3.63, 3.8) is 0 Å². The number of ether oxygens (including phenoxy) is 1. The van der Waals surface area contributed by atoms with Gasteiger partial charge < -0.3 is 4.74 Å². The number of rotatable bonds is 7. The molecule has 1 aromatic rings. The second-order valence-corrected chi connectivity index (χ2v) is 4.41. The maximum atomic E-state index is 11.2. The van der Waals surface area contributed by atoms with Gasteiger partial charge in [0.05, 0.1) is 12.3 Å². The molecule has 0 radical (unpaired) electrons. The molecule has 0 saturated heterocycles. The van der Waals surface area contributed by atoms with Gasteiger partial charge in [-0.3, -0.25) is 15.1 Å². The number of carbonyl (C=O) groups excluding carboxylic acids is 1. The highest BCUT2D eigenvalue weighted by Gasteiger charge is 2.10. The highest BCUT2D eigenvalue weighted by atomic mass is 32.1. The lowest BCUT2D eigenvalue weighted by Crippen LogP contribution is -2.30. The first kappa shape index (κ1) is 14.0. The van der Waals surface area contributed by atoms with Gasteiger partial charge in [0.2, 0.25) is 0 Å². The molecule has 6 nitrogen and oxygen atoms in total. The lowest BCUT2D eigenvalue weighted by Gasteiger charge is -2.14. The molecule has 1 amide bonds. The Labute approximate surface area is 105 Å². The minimum absolute atomic E-state index is 0.349. The minimum Gasteiger partial charge on any atom is -0.380 e. The smallest absolute Gasteiger partial charge is 0.294 e. The van der Waals surface area contributed by atoms with E-state index in [0.29, 0.717) is 18.2 Å². The number of nitrogens with two attached hydrogens (primary N) is 1. The molecule has 1 aromatic heterocycles. The van der Waals surface area contributed by atoms with E-state index in [-0.39, 0.29) is 5.91 Å². The van der Waals surface area contributed by atoms with Crippen LogP contribution in [0.4, 0.5) is 0 Å². The number of likely N-dealkylation sites (N-methyl/N-ethyl adjacent to an activating group) is 1. The van der Waals surface area contributed by atoms with Gasteiger partial charge >= 0.3 is 0 Å². The van der Waals surface area contributed by atoms with Crippen molar-refractivity contribution < 1.29 is 9.53 Å². The third-order valence-corrected chi connectivity index (χ3v) is 3.02. The molecule has 0 aromatic carbocycles. The molecule has 0 unspecified atom stereocenters. The minimum atomic E-state index is -0.349. The number of nitrogen functional groups attached to an aromatic ring is 1. The summed E-state index contributed by atoms with van der Waals surface area (Å²) < 4.78 is 5.26. The van der Waals surface area contributed by atoms with Crippen LogP contribution in [0.15, 0.2) is 5.38 Å². The van der Waals surface area contributed by atoms with Crippen LogP contribution < -0.4 is 11.3 Å². The van der Waals surface area contributed by atoms with E-state index in [1.165, 1.54) is 11.3 Å². The number of nitrogens with zero attached hydrogens (tertiary/aromatic N) is 2. The van der Waals surface area contributed by atoms with Gasteiger partial charge in [-0.05, 0) is 14.0 Å². The van der Waals surface area contributed by atoms with E-state index in [4.69, 9.17) is 10.6 Å². The van der Waals surface area contributed by atoms with Gasteiger partial charge in [0.15, 0.2) is 5.01 Å². The summed E-state index contributed by atoms with van der Waals surface area (Å²) in [5, 5.41) is 2.25. The molecule has 0 fully saturated rings. The van der Waals surface area contributed by atoms with Gasteiger partial charge in [0, 0.05) is 25.1 Å². The summed E-state index contributed by atoms with van der Waals surface area (Å²) >= 11 is 1.29. The van der Waals surface area contributed by atoms with Crippen LogP contribution >= 0.6 is 11.3 Å². The van der Waals surface area contributed by atoms with Gasteiger partial charge in [0.1, 0.15) is 0 Å². The fraction of sp³-hybridized carbons (Fsp3) is 0.600. The molecule has 0 aliphatic rings. The lowest BCUT2D eigenvalue weighted by atomic mass is 10.4. The fourth-order valence-electron chi connectivity index (χ4n) is 1.27. The first-order chi connectivity index (χ1) is 8.17. The van der Waals surface area contributed by atoms with Gasteiger partial charge in [-0.25, -0.2) is 10.8 Å². The summed E-state index contributed by atoms with van der Waals surface area (Å²) in [5.41, 5.74) is 2.93. The third-order valence-electron chi connectivity index (χ3n) is 2.13. The van der Waals surface area contributed by atoms with Gasteiger partial charge in [-0.1, -0.05) is 0 Å². The molecule has 1 rings (SSSR count). The normalized spacial score (nSPS) is 10.8. The van der Waals surface area contributed by atoms with Crippen LogP contribution in [0.25, 0.3) is 0 Å². The average molecular weight is 258 g/mol. The van der Waals surface area contributed by atoms with Crippen molar-refractivity contribution in [3.8, 4) is 0 Å². The van der Waals surface area contributed by atoms with Gasteiger partial charge in [-0.2, -0.15) is 0 Å². The maximum Gasteiger partial charge on any atom is 0.294 e. The third kappa shape index (κ3) is 4.78. The Bertz CT molecular complexity index is 356. The van der Waals surface area contributed by atoms with Crippen molar-refractivity contribution in [1.82, 2.24) is 15.3 Å². The van der Waals surface area contributed by atoms with Crippen molar-refractivity contribution in [2.45, 2.75) is 13.5 Å². The zero-order valence-corrected chi connectivity index (χ0v) is 10.9. The molecule has 1 heterocycles. The van der Waals surface area contributed by atoms with Crippen molar-refractivity contribution in [2.75, 3.05) is 26.8 Å². The maximum absolute atomic E-state index is 11.2. The first-order valence-corrected chi connectivity index (χ1v) is 6.27. The fourth-order valence-corrected chi connectivity index (χ4v) is 1.98. The molecule has 96 valence electrons. The average Bonchev–Trinajstić information content (AvgIpc) is 2.77. The van der Waals surface area contributed by atoms with Crippen molar-refractivity contribution >= 4 is 17.2 Å². The first-order valence-electron chi connectivity index (χ1n) is 5.39. The van der Waals surface area contributed by atoms with Crippen LogP contribution in [0.1, 0.15) is 22.4 Å². The van der Waals surface area contributed by atoms with Gasteiger partial charge in [-0.15, -0.1) is 11.3 Å². The number of nitrogens with one attached hydrogen (secondary N) is 1. The molecular weight excluding hydrogens is 240 g/mol. The van der Waals surface area contributed by atoms with E-state index >= 15 is 0 Å². The Kier molecular flexibility index (Phi) is 6.06. The summed E-state index contributed by atoms with van der Waals surface area (Å²) in [6.45, 7) is 4.93. The molecular formula is C10H18N4O2S. The van der Waals surface area contributed by atoms with Crippen molar-refractivity contribution in [2.24, 2.45) is 5.84 Å². The van der Waals surface area contributed by atoms with E-state index in [0.717, 1.165) is 18.8 Å². The van der Waals surface area contributed by atoms with Crippen LogP contribution in [-0.4, -0.2) is 42.6 Å². The second kappa shape index (κ2) is 7.33. The number of hydrazine groups is 1. The number of carbonyl (C=O) groups is 1. The van der Waals surface area contributed by atoms with Crippen LogP contribution in [-0.2, 0) is 11.3 Å². The quantitative estimate of drug-likeness (QED) is 0.316. The number of hydrogen-bond donors (Lipinski definition) is 2. The molecule has 0 aliphatic heterocycles. The van der Waals surface area contributed by atoms with E-state index in [1.54, 1.807) is 0 Å². The summed E-state index contributed by atoms with van der Waals surface area (Å²) in [4.78, 5) is 17.5. The van der Waals surface area contributed by atoms with Crippen LogP contribution in [0.3, 0.4) is 0 Å². The topological polar surface area (TPSA) is 80.5 Å². The SMILES string of the molecule is CCOCCN(C)Cc1csc(C(=O)NN)n1. The summed E-state index contributed by atoms with van der Waals surface area (Å²) in [5.74, 6) is 4.69. The van der Waals surface area contributed by atoms with E-state index in [9.17, 15) is 4.79 Å². The van der Waals surface area contributed by atoms with Crippen LogP contribution in [0.5, 0.6) is 0 Å². The molecule has 0 atom stereocenters. The zero-order chi connectivity index (χ0) is 12.7. The summed E-state index contributed by atoms with van der Waals surface area (Å²) in [7, 11) is 1.99. The highest BCUT2D eigenvalue weighted by Crippen LogP contribution is 2.10. The van der Waals surface area contributed by atoms with Crippen LogP contribution in [0.2, 0.25) is 0 Å². The molecule has 3 N–H and O–H groups in total. The summed E-state index contributed by atoms with van der Waals surface area (Å²) in [6, 6.07) is 0. The van der Waals surface area contributed by atoms with E-state index < -0.39 is 0 Å². The number of aromatic nitrogens is 1. The van der Waals surface area contributed by atoms with Gasteiger partial charge in [0.25, 0.3) is 5.91 Å². The Morgan fingerprint density at radius 1 is 1.71 bits per heavy atom. The Morgan fingerprint density at radius 3 is 3.12 bits per heavy atom. The zero-order valence-electron chi connectivity index (χ0n) is 10.1. The molecule has 0 bridgehead atoms. The van der Waals surface area contributed by atoms with Crippen molar-refractivity contribution in [3.05, 3.63) is 16.1 Å². The molecule has 7 heteroatoms. The van der Waals surface area contributed by atoms with Crippen LogP contribution in [0, 0.1) is 0 Å². The molecule has 0 aliphatic carbocycles. The number of amides is 1. The monoisotopic (exact) mass is 258 g/mol. The molecule has 17 heavy (non-hydrogen) atoms. The number of thiazole rings is 1. The predicted molar refractivity (Wildman–Crippen MR) is 66.6 cm³/mol. The highest BCUT2D eigenvalue weighted by molar-refractivity contribution is 7.11. The molecule has 0 spiro atoms. The van der Waals surface area contributed by atoms with Crippen molar-refractivity contribution in [1.29, 1.82) is 0 Å². The predicted octanol–water partition coefficient (Wildman–Crippen LogP) is 0.215. The summed E-state index contributed by atoms with van der Waals surface area (Å²) in [6.07, 6.45) is 0. The second-order valence-electron chi connectivity index (χ2n) is 3.55.